The van der Waals surface area contributed by atoms with E-state index < -0.39 is 0 Å². The van der Waals surface area contributed by atoms with E-state index in [0.717, 1.165) is 56.7 Å². The fraction of sp³-hybridized carbons (Fsp3) is 0.778. The molecule has 2 fully saturated rings. The molecule has 0 atom stereocenters. The van der Waals surface area contributed by atoms with Crippen molar-refractivity contribution >= 4 is 5.91 Å². The first kappa shape index (κ1) is 16.5. The molecule has 0 aromatic carbocycles. The van der Waals surface area contributed by atoms with Gasteiger partial charge in [0.2, 0.25) is 0 Å². The van der Waals surface area contributed by atoms with Crippen molar-refractivity contribution in [2.24, 2.45) is 5.92 Å². The molecule has 0 radical (unpaired) electrons. The van der Waals surface area contributed by atoms with Crippen LogP contribution >= 0.6 is 0 Å². The predicted octanol–water partition coefficient (Wildman–Crippen LogP) is 3.23. The Labute approximate surface area is 138 Å². The molecule has 2 aliphatic carbocycles. The van der Waals surface area contributed by atoms with Crippen LogP contribution in [0.4, 0.5) is 0 Å². The zero-order valence-corrected chi connectivity index (χ0v) is 14.3. The van der Waals surface area contributed by atoms with E-state index in [4.69, 9.17) is 4.52 Å². The number of hydrogen-bond donors (Lipinski definition) is 2. The number of rotatable bonds is 7. The molecule has 2 saturated carbocycles. The van der Waals surface area contributed by atoms with Gasteiger partial charge in [-0.05, 0) is 57.4 Å². The normalized spacial score (nSPS) is 24.8. The van der Waals surface area contributed by atoms with Gasteiger partial charge in [0, 0.05) is 24.1 Å². The van der Waals surface area contributed by atoms with Crippen LogP contribution in [0.3, 0.4) is 0 Å². The number of carbonyl (C=O) groups excluding carboxylic acids is 1. The number of carbonyl (C=O) groups is 1. The van der Waals surface area contributed by atoms with Crippen LogP contribution in [0.2, 0.25) is 0 Å². The van der Waals surface area contributed by atoms with E-state index in [1.54, 1.807) is 0 Å². The Hall–Kier alpha value is -1.36. The molecule has 0 aliphatic heterocycles. The number of nitrogens with one attached hydrogen (secondary N) is 2. The molecule has 1 aromatic rings. The van der Waals surface area contributed by atoms with Crippen LogP contribution in [0.25, 0.3) is 0 Å². The third-order valence-electron chi connectivity index (χ3n) is 4.96. The van der Waals surface area contributed by atoms with Gasteiger partial charge in [0.25, 0.3) is 5.91 Å². The van der Waals surface area contributed by atoms with E-state index in [0.29, 0.717) is 17.7 Å². The summed E-state index contributed by atoms with van der Waals surface area (Å²) in [6, 6.07) is 2.69. The fourth-order valence-corrected chi connectivity index (χ4v) is 3.23. The Morgan fingerprint density at radius 2 is 1.91 bits per heavy atom. The van der Waals surface area contributed by atoms with Gasteiger partial charge in [-0.15, -0.1) is 0 Å². The van der Waals surface area contributed by atoms with Crippen molar-refractivity contribution in [2.45, 2.75) is 76.8 Å². The highest BCUT2D eigenvalue weighted by Gasteiger charge is 2.29. The van der Waals surface area contributed by atoms with Gasteiger partial charge in [0.1, 0.15) is 5.76 Å². The summed E-state index contributed by atoms with van der Waals surface area (Å²) in [6.45, 7) is 5.61. The van der Waals surface area contributed by atoms with E-state index in [2.05, 4.69) is 29.6 Å². The Balaban J connectivity index is 1.38. The number of amides is 1. The van der Waals surface area contributed by atoms with Gasteiger partial charge in [-0.1, -0.05) is 19.0 Å². The molecule has 0 bridgehead atoms. The summed E-state index contributed by atoms with van der Waals surface area (Å²) in [5, 5.41) is 10.7. The van der Waals surface area contributed by atoms with Crippen LogP contribution in [-0.2, 0) is 0 Å². The Kier molecular flexibility index (Phi) is 5.36. The first-order valence-corrected chi connectivity index (χ1v) is 9.12. The summed E-state index contributed by atoms with van der Waals surface area (Å²) in [5.41, 5.74) is 0.434. The van der Waals surface area contributed by atoms with Gasteiger partial charge in [0.15, 0.2) is 5.69 Å². The third-order valence-corrected chi connectivity index (χ3v) is 4.96. The van der Waals surface area contributed by atoms with E-state index in [1.807, 2.05) is 6.07 Å². The van der Waals surface area contributed by atoms with E-state index >= 15 is 0 Å². The van der Waals surface area contributed by atoms with Crippen molar-refractivity contribution in [3.05, 3.63) is 17.5 Å². The molecule has 3 rings (SSSR count). The summed E-state index contributed by atoms with van der Waals surface area (Å²) < 4.78 is 5.26. The lowest BCUT2D eigenvalue weighted by molar-refractivity contribution is 0.0915. The lowest BCUT2D eigenvalue weighted by atomic mass is 9.91. The Bertz CT molecular complexity index is 514. The van der Waals surface area contributed by atoms with Crippen LogP contribution in [0.1, 0.15) is 81.0 Å². The van der Waals surface area contributed by atoms with Crippen molar-refractivity contribution in [3.8, 4) is 0 Å². The molecule has 2 aliphatic rings. The average molecular weight is 319 g/mol. The van der Waals surface area contributed by atoms with Crippen LogP contribution in [0.5, 0.6) is 0 Å². The Morgan fingerprint density at radius 1 is 1.22 bits per heavy atom. The summed E-state index contributed by atoms with van der Waals surface area (Å²) >= 11 is 0. The number of aromatic nitrogens is 1. The summed E-state index contributed by atoms with van der Waals surface area (Å²) in [5.74, 6) is 2.03. The molecular weight excluding hydrogens is 290 g/mol. The lowest BCUT2D eigenvalue weighted by Gasteiger charge is -2.29. The fourth-order valence-electron chi connectivity index (χ4n) is 3.23. The van der Waals surface area contributed by atoms with Crippen LogP contribution in [-0.4, -0.2) is 29.7 Å². The van der Waals surface area contributed by atoms with Crippen LogP contribution < -0.4 is 10.6 Å². The smallest absolute Gasteiger partial charge is 0.273 e. The molecule has 1 aromatic heterocycles. The zero-order chi connectivity index (χ0) is 16.2. The maximum absolute atomic E-state index is 12.2. The highest BCUT2D eigenvalue weighted by atomic mass is 16.5. The first-order valence-electron chi connectivity index (χ1n) is 9.12. The second-order valence-electron chi connectivity index (χ2n) is 7.55. The summed E-state index contributed by atoms with van der Waals surface area (Å²) in [6.07, 6.45) is 7.89. The molecule has 1 amide bonds. The molecule has 0 saturated heterocycles. The van der Waals surface area contributed by atoms with Crippen molar-refractivity contribution < 1.29 is 9.32 Å². The van der Waals surface area contributed by atoms with Crippen molar-refractivity contribution in [3.63, 3.8) is 0 Å². The van der Waals surface area contributed by atoms with Gasteiger partial charge < -0.3 is 15.2 Å². The van der Waals surface area contributed by atoms with Gasteiger partial charge in [-0.3, -0.25) is 4.79 Å². The molecule has 1 heterocycles. The molecule has 2 N–H and O–H groups in total. The quantitative estimate of drug-likeness (QED) is 0.810. The lowest BCUT2D eigenvalue weighted by Crippen LogP contribution is -2.42. The summed E-state index contributed by atoms with van der Waals surface area (Å²) in [4.78, 5) is 12.2. The van der Waals surface area contributed by atoms with Crippen molar-refractivity contribution in [1.82, 2.24) is 15.8 Å². The molecule has 0 unspecified atom stereocenters. The first-order chi connectivity index (χ1) is 11.1. The molecule has 5 nitrogen and oxygen atoms in total. The van der Waals surface area contributed by atoms with E-state index in [9.17, 15) is 4.79 Å². The second kappa shape index (κ2) is 7.47. The molecule has 0 spiro atoms. The number of hydrogen-bond acceptors (Lipinski definition) is 4. The third kappa shape index (κ3) is 4.80. The maximum Gasteiger partial charge on any atom is 0.273 e. The van der Waals surface area contributed by atoms with E-state index in [1.165, 1.54) is 6.42 Å². The monoisotopic (exact) mass is 319 g/mol. The standard InChI is InChI=1S/C18H29N3O2/c1-12(2)9-10-19-14-5-7-15(8-6-14)20-18(22)16-11-17(23-21-16)13-3-4-13/h11-15,19H,3-10H2,1-2H3,(H,20,22). The van der Waals surface area contributed by atoms with Crippen molar-refractivity contribution in [2.75, 3.05) is 6.54 Å². The molecular formula is C18H29N3O2. The van der Waals surface area contributed by atoms with Crippen LogP contribution in [0, 0.1) is 5.92 Å². The zero-order valence-electron chi connectivity index (χ0n) is 14.3. The Morgan fingerprint density at radius 3 is 2.57 bits per heavy atom. The molecule has 128 valence electrons. The van der Waals surface area contributed by atoms with Gasteiger partial charge in [-0.2, -0.15) is 0 Å². The largest absolute Gasteiger partial charge is 0.360 e. The highest BCUT2D eigenvalue weighted by molar-refractivity contribution is 5.92. The van der Waals surface area contributed by atoms with Crippen LogP contribution in [0.15, 0.2) is 10.6 Å². The highest BCUT2D eigenvalue weighted by Crippen LogP contribution is 2.40. The average Bonchev–Trinajstić information content (AvgIpc) is 3.26. The minimum absolute atomic E-state index is 0.0862. The maximum atomic E-state index is 12.2. The minimum atomic E-state index is -0.0862. The predicted molar refractivity (Wildman–Crippen MR) is 89.4 cm³/mol. The van der Waals surface area contributed by atoms with Crippen molar-refractivity contribution in [1.29, 1.82) is 0 Å². The van der Waals surface area contributed by atoms with E-state index in [-0.39, 0.29) is 11.9 Å². The van der Waals surface area contributed by atoms with Gasteiger partial charge in [-0.25, -0.2) is 0 Å². The van der Waals surface area contributed by atoms with Gasteiger partial charge >= 0.3 is 0 Å². The topological polar surface area (TPSA) is 67.2 Å². The number of nitrogens with zero attached hydrogens (tertiary/aromatic N) is 1. The SMILES string of the molecule is CC(C)CCNC1CCC(NC(=O)c2cc(C3CC3)on2)CC1. The molecule has 23 heavy (non-hydrogen) atoms. The second-order valence-corrected chi connectivity index (χ2v) is 7.55. The minimum Gasteiger partial charge on any atom is -0.360 e. The summed E-state index contributed by atoms with van der Waals surface area (Å²) in [7, 11) is 0. The van der Waals surface area contributed by atoms with Gasteiger partial charge in [0.05, 0.1) is 0 Å². The molecule has 5 heteroatoms.